The SMILES string of the molecule is CC(Sc1nnc(-c2ccco2)n1C)C1=NC(=O)C2C=CC=CC2=N1. The largest absolute Gasteiger partial charge is 0.461 e. The van der Waals surface area contributed by atoms with Gasteiger partial charge in [-0.1, -0.05) is 30.0 Å². The molecule has 2 atom stereocenters. The molecule has 0 bridgehead atoms. The maximum Gasteiger partial charge on any atom is 0.260 e. The fourth-order valence-corrected chi connectivity index (χ4v) is 3.48. The zero-order chi connectivity index (χ0) is 17.4. The molecular formula is C17H15N5O2S. The Bertz CT molecular complexity index is 936. The van der Waals surface area contributed by atoms with Gasteiger partial charge >= 0.3 is 0 Å². The number of allylic oxidation sites excluding steroid dienone is 3. The first-order chi connectivity index (χ1) is 12.1. The fraction of sp³-hybridized carbons (Fsp3) is 0.235. The van der Waals surface area contributed by atoms with Gasteiger partial charge in [-0.3, -0.25) is 4.79 Å². The predicted octanol–water partition coefficient (Wildman–Crippen LogP) is 2.68. The van der Waals surface area contributed by atoms with E-state index in [1.165, 1.54) is 11.8 Å². The van der Waals surface area contributed by atoms with E-state index in [4.69, 9.17) is 4.42 Å². The summed E-state index contributed by atoms with van der Waals surface area (Å²) in [5.41, 5.74) is 0.735. The molecule has 0 aromatic carbocycles. The molecule has 3 heterocycles. The van der Waals surface area contributed by atoms with Crippen LogP contribution in [0.15, 0.2) is 62.3 Å². The van der Waals surface area contributed by atoms with Crippen LogP contribution in [0.25, 0.3) is 11.6 Å². The number of aliphatic imine (C=N–C) groups is 2. The highest BCUT2D eigenvalue weighted by atomic mass is 32.2. The van der Waals surface area contributed by atoms with Gasteiger partial charge < -0.3 is 8.98 Å². The first kappa shape index (κ1) is 15.8. The number of carbonyl (C=O) groups is 1. The highest BCUT2D eigenvalue weighted by molar-refractivity contribution is 8.00. The van der Waals surface area contributed by atoms with Gasteiger partial charge in [-0.25, -0.2) is 4.99 Å². The monoisotopic (exact) mass is 353 g/mol. The Morgan fingerprint density at radius 1 is 1.28 bits per heavy atom. The lowest BCUT2D eigenvalue weighted by molar-refractivity contribution is -0.118. The number of hydrogen-bond acceptors (Lipinski definition) is 6. The summed E-state index contributed by atoms with van der Waals surface area (Å²) in [5.74, 6) is 1.27. The molecule has 2 aliphatic rings. The zero-order valence-corrected chi connectivity index (χ0v) is 14.5. The van der Waals surface area contributed by atoms with Gasteiger partial charge in [0.15, 0.2) is 16.7 Å². The topological polar surface area (TPSA) is 85.6 Å². The number of hydrogen-bond donors (Lipinski definition) is 0. The van der Waals surface area contributed by atoms with E-state index in [2.05, 4.69) is 20.2 Å². The molecule has 7 nitrogen and oxygen atoms in total. The van der Waals surface area contributed by atoms with Crippen LogP contribution in [-0.2, 0) is 11.8 Å². The minimum Gasteiger partial charge on any atom is -0.461 e. The second kappa shape index (κ2) is 6.29. The lowest BCUT2D eigenvalue weighted by Gasteiger charge is -2.20. The summed E-state index contributed by atoms with van der Waals surface area (Å²) < 4.78 is 7.22. The summed E-state index contributed by atoms with van der Waals surface area (Å²) in [5, 5.41) is 8.95. The number of fused-ring (bicyclic) bond motifs is 1. The molecule has 0 spiro atoms. The predicted molar refractivity (Wildman–Crippen MR) is 95.7 cm³/mol. The van der Waals surface area contributed by atoms with Crippen molar-refractivity contribution in [1.82, 2.24) is 14.8 Å². The average molecular weight is 353 g/mol. The lowest BCUT2D eigenvalue weighted by atomic mass is 9.96. The minimum atomic E-state index is -0.355. The van der Waals surface area contributed by atoms with E-state index in [1.54, 1.807) is 12.3 Å². The van der Waals surface area contributed by atoms with E-state index in [9.17, 15) is 4.79 Å². The molecule has 0 saturated heterocycles. The van der Waals surface area contributed by atoms with Gasteiger partial charge in [0.2, 0.25) is 0 Å². The van der Waals surface area contributed by atoms with Crippen molar-refractivity contribution in [1.29, 1.82) is 0 Å². The molecular weight excluding hydrogens is 338 g/mol. The number of thioether (sulfide) groups is 1. The van der Waals surface area contributed by atoms with Gasteiger partial charge in [-0.05, 0) is 25.1 Å². The molecule has 8 heteroatoms. The molecule has 2 aromatic heterocycles. The average Bonchev–Trinajstić information content (AvgIpc) is 3.25. The summed E-state index contributed by atoms with van der Waals surface area (Å²) in [4.78, 5) is 20.9. The molecule has 1 aliphatic carbocycles. The van der Waals surface area contributed by atoms with Gasteiger partial charge in [-0.15, -0.1) is 10.2 Å². The summed E-state index contributed by atoms with van der Waals surface area (Å²) in [7, 11) is 1.87. The normalized spacial score (nSPS) is 20.2. The fourth-order valence-electron chi connectivity index (χ4n) is 2.62. The molecule has 2 unspecified atom stereocenters. The van der Waals surface area contributed by atoms with Gasteiger partial charge in [0, 0.05) is 7.05 Å². The molecule has 0 saturated carbocycles. The second-order valence-electron chi connectivity index (χ2n) is 5.67. The number of aromatic nitrogens is 3. The summed E-state index contributed by atoms with van der Waals surface area (Å²) in [6.07, 6.45) is 8.99. The van der Waals surface area contributed by atoms with Crippen molar-refractivity contribution < 1.29 is 9.21 Å². The molecule has 4 rings (SSSR count). The van der Waals surface area contributed by atoms with E-state index in [0.29, 0.717) is 22.6 Å². The molecule has 25 heavy (non-hydrogen) atoms. The van der Waals surface area contributed by atoms with Crippen molar-refractivity contribution in [2.24, 2.45) is 23.0 Å². The zero-order valence-electron chi connectivity index (χ0n) is 13.7. The van der Waals surface area contributed by atoms with Crippen LogP contribution in [0.1, 0.15) is 6.92 Å². The molecule has 2 aromatic rings. The minimum absolute atomic E-state index is 0.135. The van der Waals surface area contributed by atoms with E-state index >= 15 is 0 Å². The highest BCUT2D eigenvalue weighted by Gasteiger charge is 2.29. The van der Waals surface area contributed by atoms with E-state index in [0.717, 1.165) is 5.71 Å². The van der Waals surface area contributed by atoms with Crippen LogP contribution in [-0.4, -0.2) is 37.5 Å². The first-order valence-electron chi connectivity index (χ1n) is 7.79. The highest BCUT2D eigenvalue weighted by Crippen LogP contribution is 2.28. The number of rotatable bonds is 4. The third kappa shape index (κ3) is 2.89. The summed E-state index contributed by atoms with van der Waals surface area (Å²) >= 11 is 1.45. The van der Waals surface area contributed by atoms with Crippen LogP contribution >= 0.6 is 11.8 Å². The van der Waals surface area contributed by atoms with E-state index in [-0.39, 0.29) is 17.1 Å². The number of furan rings is 1. The Morgan fingerprint density at radius 2 is 2.16 bits per heavy atom. The number of amidine groups is 1. The molecule has 0 radical (unpaired) electrons. The van der Waals surface area contributed by atoms with Gasteiger partial charge in [0.05, 0.1) is 17.2 Å². The van der Waals surface area contributed by atoms with Crippen molar-refractivity contribution in [3.63, 3.8) is 0 Å². The smallest absolute Gasteiger partial charge is 0.260 e. The molecule has 1 amide bonds. The van der Waals surface area contributed by atoms with Crippen molar-refractivity contribution >= 4 is 29.2 Å². The Morgan fingerprint density at radius 3 is 2.96 bits per heavy atom. The van der Waals surface area contributed by atoms with Crippen molar-refractivity contribution in [3.8, 4) is 11.6 Å². The van der Waals surface area contributed by atoms with E-state index < -0.39 is 0 Å². The van der Waals surface area contributed by atoms with Crippen LogP contribution in [0, 0.1) is 5.92 Å². The summed E-state index contributed by atoms with van der Waals surface area (Å²) in [6, 6.07) is 3.64. The molecule has 0 fully saturated rings. The van der Waals surface area contributed by atoms with Crippen LogP contribution < -0.4 is 0 Å². The standard InChI is InChI=1S/C17H15N5O2S/c1-10(14-18-12-7-4-3-6-11(12)16(23)19-14)25-17-21-20-15(22(17)2)13-8-5-9-24-13/h3-11H,1-2H3. The van der Waals surface area contributed by atoms with Crippen molar-refractivity contribution in [2.75, 3.05) is 0 Å². The first-order valence-corrected chi connectivity index (χ1v) is 8.67. The van der Waals surface area contributed by atoms with Gasteiger partial charge in [-0.2, -0.15) is 4.99 Å². The quantitative estimate of drug-likeness (QED) is 0.789. The van der Waals surface area contributed by atoms with Crippen LogP contribution in [0.5, 0.6) is 0 Å². The number of nitrogens with zero attached hydrogens (tertiary/aromatic N) is 5. The third-order valence-corrected chi connectivity index (χ3v) is 5.09. The molecule has 0 N–H and O–H groups in total. The van der Waals surface area contributed by atoms with Crippen molar-refractivity contribution in [2.45, 2.75) is 17.3 Å². The molecule has 126 valence electrons. The Hall–Kier alpha value is -2.74. The second-order valence-corrected chi connectivity index (χ2v) is 6.98. The lowest BCUT2D eigenvalue weighted by Crippen LogP contribution is -2.30. The number of amides is 1. The molecule has 1 aliphatic heterocycles. The van der Waals surface area contributed by atoms with Gasteiger partial charge in [0.25, 0.3) is 5.91 Å². The third-order valence-electron chi connectivity index (χ3n) is 3.96. The Balaban J connectivity index is 1.56. The summed E-state index contributed by atoms with van der Waals surface area (Å²) in [6.45, 7) is 1.95. The van der Waals surface area contributed by atoms with Gasteiger partial charge in [0.1, 0.15) is 11.8 Å². The van der Waals surface area contributed by atoms with Crippen LogP contribution in [0.3, 0.4) is 0 Å². The van der Waals surface area contributed by atoms with Crippen LogP contribution in [0.2, 0.25) is 0 Å². The Kier molecular flexibility index (Phi) is 3.96. The Labute approximate surface area is 148 Å². The number of carbonyl (C=O) groups excluding carboxylic acids is 1. The van der Waals surface area contributed by atoms with E-state index in [1.807, 2.05) is 48.9 Å². The maximum absolute atomic E-state index is 12.2. The maximum atomic E-state index is 12.2. The van der Waals surface area contributed by atoms with Crippen molar-refractivity contribution in [3.05, 3.63) is 42.7 Å². The van der Waals surface area contributed by atoms with Crippen LogP contribution in [0.4, 0.5) is 0 Å².